The van der Waals surface area contributed by atoms with E-state index in [4.69, 9.17) is 27.9 Å². The highest BCUT2D eigenvalue weighted by Gasteiger charge is 2.10. The van der Waals surface area contributed by atoms with Crippen molar-refractivity contribution in [2.75, 3.05) is 5.32 Å². The summed E-state index contributed by atoms with van der Waals surface area (Å²) in [5.41, 5.74) is 1.85. The van der Waals surface area contributed by atoms with Gasteiger partial charge in [0.05, 0.1) is 10.0 Å². The highest BCUT2D eigenvalue weighted by molar-refractivity contribution is 6.42. The SMILES string of the molecule is N#CC(=Cc1ccc(OCc2ccc(Cl)c(Cl)c2)cc1)C(=O)Nc1ccc(F)cc1. The van der Waals surface area contributed by atoms with Crippen LogP contribution in [0.5, 0.6) is 5.75 Å². The maximum absolute atomic E-state index is 13.0. The minimum absolute atomic E-state index is 0.0798. The van der Waals surface area contributed by atoms with Gasteiger partial charge in [-0.2, -0.15) is 5.26 Å². The lowest BCUT2D eigenvalue weighted by molar-refractivity contribution is -0.112. The van der Waals surface area contributed by atoms with Gasteiger partial charge in [0.15, 0.2) is 0 Å². The summed E-state index contributed by atoms with van der Waals surface area (Å²) < 4.78 is 18.7. The van der Waals surface area contributed by atoms with Gasteiger partial charge in [-0.3, -0.25) is 4.79 Å². The van der Waals surface area contributed by atoms with Gasteiger partial charge in [-0.1, -0.05) is 41.4 Å². The van der Waals surface area contributed by atoms with Gasteiger partial charge < -0.3 is 10.1 Å². The van der Waals surface area contributed by atoms with Crippen molar-refractivity contribution >= 4 is 40.9 Å². The number of nitrogens with one attached hydrogen (secondary N) is 1. The van der Waals surface area contributed by atoms with E-state index in [0.717, 1.165) is 5.56 Å². The molecule has 0 aliphatic rings. The van der Waals surface area contributed by atoms with E-state index in [1.54, 1.807) is 36.4 Å². The smallest absolute Gasteiger partial charge is 0.266 e. The fourth-order valence-corrected chi connectivity index (χ4v) is 2.82. The molecule has 1 amide bonds. The molecule has 30 heavy (non-hydrogen) atoms. The number of benzene rings is 3. The summed E-state index contributed by atoms with van der Waals surface area (Å²) in [4.78, 5) is 12.3. The number of halogens is 3. The molecule has 0 fully saturated rings. The fourth-order valence-electron chi connectivity index (χ4n) is 2.50. The summed E-state index contributed by atoms with van der Waals surface area (Å²) in [7, 11) is 0. The van der Waals surface area contributed by atoms with E-state index >= 15 is 0 Å². The summed E-state index contributed by atoms with van der Waals surface area (Å²) in [6, 6.07) is 19.3. The number of nitriles is 1. The van der Waals surface area contributed by atoms with Crippen LogP contribution in [0.15, 0.2) is 72.3 Å². The number of hydrogen-bond donors (Lipinski definition) is 1. The van der Waals surface area contributed by atoms with Crippen LogP contribution in [0, 0.1) is 17.1 Å². The number of anilines is 1. The van der Waals surface area contributed by atoms with Gasteiger partial charge in [0.25, 0.3) is 5.91 Å². The number of carbonyl (C=O) groups excluding carboxylic acids is 1. The quantitative estimate of drug-likeness (QED) is 0.363. The van der Waals surface area contributed by atoms with Gasteiger partial charge in [0.1, 0.15) is 29.8 Å². The lowest BCUT2D eigenvalue weighted by Gasteiger charge is -2.08. The summed E-state index contributed by atoms with van der Waals surface area (Å²) in [6.45, 7) is 0.315. The lowest BCUT2D eigenvalue weighted by atomic mass is 10.1. The Hall–Kier alpha value is -3.33. The number of hydrogen-bond acceptors (Lipinski definition) is 3. The normalized spacial score (nSPS) is 10.9. The minimum atomic E-state index is -0.580. The molecule has 7 heteroatoms. The first kappa shape index (κ1) is 21.4. The van der Waals surface area contributed by atoms with Crippen LogP contribution in [-0.4, -0.2) is 5.91 Å². The first-order chi connectivity index (χ1) is 14.4. The summed E-state index contributed by atoms with van der Waals surface area (Å²) in [5, 5.41) is 12.8. The molecule has 0 unspecified atom stereocenters. The molecule has 0 aliphatic heterocycles. The average molecular weight is 441 g/mol. The topological polar surface area (TPSA) is 62.1 Å². The third-order valence-corrected chi connectivity index (χ3v) is 4.79. The molecule has 0 spiro atoms. The van der Waals surface area contributed by atoms with Crippen molar-refractivity contribution < 1.29 is 13.9 Å². The molecule has 0 saturated heterocycles. The predicted molar refractivity (Wildman–Crippen MR) is 116 cm³/mol. The molecule has 0 atom stereocenters. The van der Waals surface area contributed by atoms with Crippen LogP contribution in [0.1, 0.15) is 11.1 Å². The standard InChI is InChI=1S/C23H15Cl2FN2O2/c24-21-10-3-16(12-22(21)25)14-30-20-8-1-15(2-9-20)11-17(13-27)23(29)28-19-6-4-18(26)5-7-19/h1-12H,14H2,(H,28,29). The second-order valence-corrected chi connectivity index (χ2v) is 7.05. The highest BCUT2D eigenvalue weighted by atomic mass is 35.5. The zero-order chi connectivity index (χ0) is 21.5. The fraction of sp³-hybridized carbons (Fsp3) is 0.0435. The molecule has 0 radical (unpaired) electrons. The highest BCUT2D eigenvalue weighted by Crippen LogP contribution is 2.24. The maximum Gasteiger partial charge on any atom is 0.266 e. The van der Waals surface area contributed by atoms with Crippen LogP contribution in [0.25, 0.3) is 6.08 Å². The molecule has 0 saturated carbocycles. The Kier molecular flexibility index (Phi) is 7.08. The summed E-state index contributed by atoms with van der Waals surface area (Å²) in [5.74, 6) is -0.373. The minimum Gasteiger partial charge on any atom is -0.489 e. The molecule has 0 aliphatic carbocycles. The summed E-state index contributed by atoms with van der Waals surface area (Å²) in [6.07, 6.45) is 1.46. The zero-order valence-electron chi connectivity index (χ0n) is 15.5. The Morgan fingerprint density at radius 2 is 1.73 bits per heavy atom. The molecule has 0 heterocycles. The third-order valence-electron chi connectivity index (χ3n) is 4.05. The molecule has 1 N–H and O–H groups in total. The van der Waals surface area contributed by atoms with Crippen LogP contribution in [-0.2, 0) is 11.4 Å². The first-order valence-corrected chi connectivity index (χ1v) is 9.56. The number of ether oxygens (including phenoxy) is 1. The average Bonchev–Trinajstić information content (AvgIpc) is 2.75. The Bertz CT molecular complexity index is 1120. The van der Waals surface area contributed by atoms with Crippen molar-refractivity contribution in [1.29, 1.82) is 5.26 Å². The number of nitrogens with zero attached hydrogens (tertiary/aromatic N) is 1. The van der Waals surface area contributed by atoms with E-state index in [9.17, 15) is 14.4 Å². The molecule has 3 rings (SSSR count). The molecular weight excluding hydrogens is 426 g/mol. The second-order valence-electron chi connectivity index (χ2n) is 6.24. The summed E-state index contributed by atoms with van der Waals surface area (Å²) >= 11 is 11.9. The molecule has 4 nitrogen and oxygen atoms in total. The van der Waals surface area contributed by atoms with Crippen LogP contribution in [0.2, 0.25) is 10.0 Å². The number of rotatable bonds is 6. The van der Waals surface area contributed by atoms with Crippen molar-refractivity contribution in [2.45, 2.75) is 6.61 Å². The molecule has 3 aromatic rings. The Morgan fingerprint density at radius 3 is 2.37 bits per heavy atom. The second kappa shape index (κ2) is 9.93. The number of amides is 1. The molecule has 150 valence electrons. The van der Waals surface area contributed by atoms with Crippen molar-refractivity contribution in [3.05, 3.63) is 99.3 Å². The van der Waals surface area contributed by atoms with Gasteiger partial charge in [-0.25, -0.2) is 4.39 Å². The Morgan fingerprint density at radius 1 is 1.03 bits per heavy atom. The van der Waals surface area contributed by atoms with Crippen molar-refractivity contribution in [2.24, 2.45) is 0 Å². The Labute approximate surface area is 183 Å². The van der Waals surface area contributed by atoms with Gasteiger partial charge in [0.2, 0.25) is 0 Å². The van der Waals surface area contributed by atoms with E-state index in [1.807, 2.05) is 12.1 Å². The van der Waals surface area contributed by atoms with E-state index in [-0.39, 0.29) is 5.57 Å². The predicted octanol–water partition coefficient (Wildman–Crippen LogP) is 6.26. The number of carbonyl (C=O) groups is 1. The lowest BCUT2D eigenvalue weighted by Crippen LogP contribution is -2.13. The van der Waals surface area contributed by atoms with Crippen LogP contribution in [0.4, 0.5) is 10.1 Å². The van der Waals surface area contributed by atoms with Gasteiger partial charge in [-0.15, -0.1) is 0 Å². The van der Waals surface area contributed by atoms with E-state index in [0.29, 0.717) is 33.7 Å². The van der Waals surface area contributed by atoms with Crippen LogP contribution < -0.4 is 10.1 Å². The first-order valence-electron chi connectivity index (χ1n) is 8.80. The van der Waals surface area contributed by atoms with Gasteiger partial charge in [-0.05, 0) is 65.7 Å². The molecule has 0 aromatic heterocycles. The van der Waals surface area contributed by atoms with Crippen molar-refractivity contribution in [3.63, 3.8) is 0 Å². The molecular formula is C23H15Cl2FN2O2. The van der Waals surface area contributed by atoms with Gasteiger partial charge in [0, 0.05) is 5.69 Å². The van der Waals surface area contributed by atoms with Crippen molar-refractivity contribution in [3.8, 4) is 11.8 Å². The Balaban J connectivity index is 1.64. The van der Waals surface area contributed by atoms with Gasteiger partial charge >= 0.3 is 0 Å². The van der Waals surface area contributed by atoms with E-state index < -0.39 is 11.7 Å². The van der Waals surface area contributed by atoms with Crippen LogP contribution >= 0.6 is 23.2 Å². The van der Waals surface area contributed by atoms with E-state index in [2.05, 4.69) is 5.32 Å². The van der Waals surface area contributed by atoms with E-state index in [1.165, 1.54) is 30.3 Å². The van der Waals surface area contributed by atoms with Crippen LogP contribution in [0.3, 0.4) is 0 Å². The third kappa shape index (κ3) is 5.84. The monoisotopic (exact) mass is 440 g/mol. The largest absolute Gasteiger partial charge is 0.489 e. The maximum atomic E-state index is 13.0. The van der Waals surface area contributed by atoms with Crippen molar-refractivity contribution in [1.82, 2.24) is 0 Å². The molecule has 3 aromatic carbocycles. The zero-order valence-corrected chi connectivity index (χ0v) is 17.0. The molecule has 0 bridgehead atoms.